The normalized spacial score (nSPS) is 17.4. The Balaban J connectivity index is 2.27. The molecule has 0 heterocycles. The minimum atomic E-state index is -3.61. The maximum absolute atomic E-state index is 12.6. The second-order valence-electron chi connectivity index (χ2n) is 7.18. The van der Waals surface area contributed by atoms with Gasteiger partial charge in [0.05, 0.1) is 10.5 Å². The molecule has 1 N–H and O–H groups in total. The van der Waals surface area contributed by atoms with Crippen molar-refractivity contribution in [1.82, 2.24) is 9.62 Å². The minimum Gasteiger partial charge on any atom is -0.376 e. The SMILES string of the molecule is COC(C)(CNC(=O)c1cc(C)c(C)c(S(=O)(=O)N(C)C)c1)C1CC1. The van der Waals surface area contributed by atoms with E-state index in [1.165, 1.54) is 20.2 Å². The van der Waals surface area contributed by atoms with Crippen LogP contribution in [0.25, 0.3) is 0 Å². The lowest BCUT2D eigenvalue weighted by Crippen LogP contribution is -2.43. The van der Waals surface area contributed by atoms with E-state index in [0.29, 0.717) is 23.6 Å². The average molecular weight is 368 g/mol. The van der Waals surface area contributed by atoms with Crippen molar-refractivity contribution < 1.29 is 17.9 Å². The van der Waals surface area contributed by atoms with Crippen molar-refractivity contribution in [3.8, 4) is 0 Å². The maximum atomic E-state index is 12.6. The zero-order chi connectivity index (χ0) is 19.0. The van der Waals surface area contributed by atoms with Gasteiger partial charge in [0.1, 0.15) is 0 Å². The van der Waals surface area contributed by atoms with Gasteiger partial charge in [-0.15, -0.1) is 0 Å². The maximum Gasteiger partial charge on any atom is 0.251 e. The number of aryl methyl sites for hydroxylation is 1. The number of methoxy groups -OCH3 is 1. The number of benzene rings is 1. The number of amides is 1. The molecule has 6 nitrogen and oxygen atoms in total. The second-order valence-corrected chi connectivity index (χ2v) is 9.30. The third kappa shape index (κ3) is 4.04. The number of sulfonamides is 1. The zero-order valence-corrected chi connectivity index (χ0v) is 16.7. The summed E-state index contributed by atoms with van der Waals surface area (Å²) in [6, 6.07) is 3.18. The molecule has 2 rings (SSSR count). The molecule has 1 fully saturated rings. The molecule has 0 radical (unpaired) electrons. The monoisotopic (exact) mass is 368 g/mol. The summed E-state index contributed by atoms with van der Waals surface area (Å²) in [5, 5.41) is 2.89. The Labute approximate surface area is 150 Å². The molecule has 1 aromatic carbocycles. The van der Waals surface area contributed by atoms with E-state index in [4.69, 9.17) is 4.74 Å². The van der Waals surface area contributed by atoms with Crippen molar-refractivity contribution in [2.45, 2.75) is 44.1 Å². The smallest absolute Gasteiger partial charge is 0.251 e. The van der Waals surface area contributed by atoms with Crippen LogP contribution in [0.2, 0.25) is 0 Å². The second kappa shape index (κ2) is 7.05. The van der Waals surface area contributed by atoms with Crippen LogP contribution in [-0.2, 0) is 14.8 Å². The first kappa shape index (κ1) is 19.9. The fourth-order valence-corrected chi connectivity index (χ4v) is 4.07. The first-order chi connectivity index (χ1) is 11.5. The van der Waals surface area contributed by atoms with E-state index in [9.17, 15) is 13.2 Å². The van der Waals surface area contributed by atoms with Gasteiger partial charge in [-0.25, -0.2) is 12.7 Å². The number of hydrogen-bond acceptors (Lipinski definition) is 4. The molecule has 140 valence electrons. The lowest BCUT2D eigenvalue weighted by molar-refractivity contribution is -0.0112. The highest BCUT2D eigenvalue weighted by Gasteiger charge is 2.42. The Bertz CT molecular complexity index is 770. The topological polar surface area (TPSA) is 75.7 Å². The molecule has 1 unspecified atom stereocenters. The summed E-state index contributed by atoms with van der Waals surface area (Å²) >= 11 is 0. The van der Waals surface area contributed by atoms with E-state index in [1.54, 1.807) is 20.1 Å². The van der Waals surface area contributed by atoms with E-state index in [0.717, 1.165) is 22.7 Å². The van der Waals surface area contributed by atoms with Gasteiger partial charge in [0.2, 0.25) is 10.0 Å². The molecule has 25 heavy (non-hydrogen) atoms. The van der Waals surface area contributed by atoms with Crippen LogP contribution in [0, 0.1) is 19.8 Å². The lowest BCUT2D eigenvalue weighted by atomic mass is 10.00. The van der Waals surface area contributed by atoms with Crippen molar-refractivity contribution in [2.75, 3.05) is 27.7 Å². The molecule has 0 aliphatic heterocycles. The van der Waals surface area contributed by atoms with Gasteiger partial charge in [0.25, 0.3) is 5.91 Å². The van der Waals surface area contributed by atoms with Crippen LogP contribution in [0.5, 0.6) is 0 Å². The highest BCUT2D eigenvalue weighted by atomic mass is 32.2. The molecule has 0 bridgehead atoms. The molecular formula is C18H28N2O4S. The van der Waals surface area contributed by atoms with Crippen molar-refractivity contribution in [2.24, 2.45) is 5.92 Å². The van der Waals surface area contributed by atoms with Crippen LogP contribution >= 0.6 is 0 Å². The van der Waals surface area contributed by atoms with E-state index < -0.39 is 10.0 Å². The van der Waals surface area contributed by atoms with Gasteiger partial charge in [-0.2, -0.15) is 0 Å². The van der Waals surface area contributed by atoms with Crippen LogP contribution in [0.3, 0.4) is 0 Å². The first-order valence-electron chi connectivity index (χ1n) is 8.40. The quantitative estimate of drug-likeness (QED) is 0.800. The molecule has 1 aromatic rings. The van der Waals surface area contributed by atoms with Gasteiger partial charge in [-0.3, -0.25) is 4.79 Å². The Kier molecular flexibility index (Phi) is 5.61. The molecular weight excluding hydrogens is 340 g/mol. The van der Waals surface area contributed by atoms with E-state index >= 15 is 0 Å². The van der Waals surface area contributed by atoms with Crippen LogP contribution in [-0.4, -0.2) is 52.0 Å². The average Bonchev–Trinajstić information content (AvgIpc) is 3.39. The molecule has 0 spiro atoms. The van der Waals surface area contributed by atoms with Crippen LogP contribution < -0.4 is 5.32 Å². The summed E-state index contributed by atoms with van der Waals surface area (Å²) in [6.07, 6.45) is 2.21. The molecule has 1 aliphatic carbocycles. The summed E-state index contributed by atoms with van der Waals surface area (Å²) in [6.45, 7) is 5.95. The lowest BCUT2D eigenvalue weighted by Gasteiger charge is -2.28. The number of nitrogens with one attached hydrogen (secondary N) is 1. The predicted molar refractivity (Wildman–Crippen MR) is 97.3 cm³/mol. The molecule has 1 atom stereocenters. The summed E-state index contributed by atoms with van der Waals surface area (Å²) in [7, 11) is 1.01. The van der Waals surface area contributed by atoms with Gasteiger partial charge in [0, 0.05) is 33.3 Å². The first-order valence-corrected chi connectivity index (χ1v) is 9.84. The summed E-state index contributed by atoms with van der Waals surface area (Å²) < 4.78 is 31.8. The van der Waals surface area contributed by atoms with Crippen LogP contribution in [0.1, 0.15) is 41.3 Å². The van der Waals surface area contributed by atoms with Crippen molar-refractivity contribution in [1.29, 1.82) is 0 Å². The van der Waals surface area contributed by atoms with Gasteiger partial charge in [-0.1, -0.05) is 0 Å². The molecule has 0 aromatic heterocycles. The Morgan fingerprint density at radius 2 is 1.92 bits per heavy atom. The van der Waals surface area contributed by atoms with E-state index in [-0.39, 0.29) is 16.4 Å². The number of carbonyl (C=O) groups is 1. The predicted octanol–water partition coefficient (Wildman–Crippen LogP) is 2.10. The fourth-order valence-electron chi connectivity index (χ4n) is 2.86. The Morgan fingerprint density at radius 3 is 2.40 bits per heavy atom. The zero-order valence-electron chi connectivity index (χ0n) is 15.8. The third-order valence-corrected chi connectivity index (χ3v) is 7.09. The number of ether oxygens (including phenoxy) is 1. The van der Waals surface area contributed by atoms with Gasteiger partial charge in [-0.05, 0) is 62.8 Å². The standard InChI is InChI=1S/C18H28N2O4S/c1-12-9-14(10-16(13(12)2)25(22,23)20(4)5)17(21)19-11-18(3,24-6)15-7-8-15/h9-10,15H,7-8,11H2,1-6H3,(H,19,21). The molecule has 7 heteroatoms. The number of hydrogen-bond donors (Lipinski definition) is 1. The molecule has 1 aliphatic rings. The van der Waals surface area contributed by atoms with Crippen molar-refractivity contribution in [3.05, 3.63) is 28.8 Å². The van der Waals surface area contributed by atoms with Crippen molar-refractivity contribution >= 4 is 15.9 Å². The van der Waals surface area contributed by atoms with Gasteiger partial charge in [0.15, 0.2) is 0 Å². The molecule has 1 saturated carbocycles. The van der Waals surface area contributed by atoms with Crippen LogP contribution in [0.4, 0.5) is 0 Å². The van der Waals surface area contributed by atoms with E-state index in [2.05, 4.69) is 5.32 Å². The number of carbonyl (C=O) groups excluding carboxylic acids is 1. The van der Waals surface area contributed by atoms with E-state index in [1.807, 2.05) is 13.8 Å². The number of nitrogens with zero attached hydrogens (tertiary/aromatic N) is 1. The van der Waals surface area contributed by atoms with Crippen LogP contribution in [0.15, 0.2) is 17.0 Å². The number of rotatable bonds is 7. The highest BCUT2D eigenvalue weighted by Crippen LogP contribution is 2.41. The molecule has 1 amide bonds. The Morgan fingerprint density at radius 1 is 1.32 bits per heavy atom. The highest BCUT2D eigenvalue weighted by molar-refractivity contribution is 7.89. The summed E-state index contributed by atoms with van der Waals surface area (Å²) in [4.78, 5) is 12.8. The third-order valence-electron chi connectivity index (χ3n) is 5.15. The summed E-state index contributed by atoms with van der Waals surface area (Å²) in [5.74, 6) is 0.171. The van der Waals surface area contributed by atoms with Crippen molar-refractivity contribution in [3.63, 3.8) is 0 Å². The Hall–Kier alpha value is -1.44. The molecule has 0 saturated heterocycles. The largest absolute Gasteiger partial charge is 0.376 e. The fraction of sp³-hybridized carbons (Fsp3) is 0.611. The van der Waals surface area contributed by atoms with Gasteiger partial charge < -0.3 is 10.1 Å². The minimum absolute atomic E-state index is 0.166. The van der Waals surface area contributed by atoms with Gasteiger partial charge >= 0.3 is 0 Å². The summed E-state index contributed by atoms with van der Waals surface area (Å²) in [5.41, 5.74) is 1.39.